The Bertz CT molecular complexity index is 850. The van der Waals surface area contributed by atoms with Crippen molar-refractivity contribution in [3.63, 3.8) is 0 Å². The number of hydrogen-bond donors (Lipinski definition) is 3. The Morgan fingerprint density at radius 1 is 1.22 bits per heavy atom. The standard InChI is InChI=1S/C16H21N3O7S/c1-9(14(20)19-16(22)18-11-5-6-11)26-15(21)10-4-7-12(25-3)13(8-10)27(23,24)17-2/h4,7-9,11,17H,5-6H2,1-3H3,(H2,18,19,20,22). The van der Waals surface area contributed by atoms with Crippen LogP contribution in [0.15, 0.2) is 23.1 Å². The molecule has 0 aliphatic heterocycles. The molecule has 11 heteroatoms. The van der Waals surface area contributed by atoms with Gasteiger partial charge in [-0.25, -0.2) is 22.7 Å². The summed E-state index contributed by atoms with van der Waals surface area (Å²) in [5, 5.41) is 4.65. The summed E-state index contributed by atoms with van der Waals surface area (Å²) < 4.78 is 36.2. The minimum absolute atomic E-state index is 0.0449. The summed E-state index contributed by atoms with van der Waals surface area (Å²) in [7, 11) is -1.36. The van der Waals surface area contributed by atoms with Gasteiger partial charge in [-0.3, -0.25) is 10.1 Å². The van der Waals surface area contributed by atoms with Crippen LogP contribution in [0.3, 0.4) is 0 Å². The lowest BCUT2D eigenvalue weighted by Crippen LogP contribution is -2.45. The fraction of sp³-hybridized carbons (Fsp3) is 0.438. The maximum absolute atomic E-state index is 12.2. The van der Waals surface area contributed by atoms with Crippen LogP contribution >= 0.6 is 0 Å². The number of sulfonamides is 1. The highest BCUT2D eigenvalue weighted by atomic mass is 32.2. The molecule has 1 fully saturated rings. The molecule has 0 spiro atoms. The van der Waals surface area contributed by atoms with Crippen molar-refractivity contribution < 1.29 is 32.3 Å². The number of amides is 3. The average Bonchev–Trinajstić information content (AvgIpc) is 3.44. The number of nitrogens with one attached hydrogen (secondary N) is 3. The molecule has 0 radical (unpaired) electrons. The number of carbonyl (C=O) groups excluding carboxylic acids is 3. The maximum Gasteiger partial charge on any atom is 0.338 e. The van der Waals surface area contributed by atoms with Gasteiger partial charge in [-0.2, -0.15) is 0 Å². The van der Waals surface area contributed by atoms with E-state index in [0.717, 1.165) is 18.9 Å². The van der Waals surface area contributed by atoms with Crippen LogP contribution in [0.1, 0.15) is 30.1 Å². The molecule has 10 nitrogen and oxygen atoms in total. The van der Waals surface area contributed by atoms with Gasteiger partial charge in [0.05, 0.1) is 12.7 Å². The van der Waals surface area contributed by atoms with E-state index in [2.05, 4.69) is 15.4 Å². The van der Waals surface area contributed by atoms with Gasteiger partial charge in [-0.05, 0) is 45.0 Å². The Kier molecular flexibility index (Phi) is 6.39. The molecule has 1 saturated carbocycles. The summed E-state index contributed by atoms with van der Waals surface area (Å²) >= 11 is 0. The highest BCUT2D eigenvalue weighted by molar-refractivity contribution is 7.89. The smallest absolute Gasteiger partial charge is 0.338 e. The second-order valence-corrected chi connectivity index (χ2v) is 7.71. The number of urea groups is 1. The number of esters is 1. The van der Waals surface area contributed by atoms with Gasteiger partial charge in [0.1, 0.15) is 10.6 Å². The maximum atomic E-state index is 12.2. The molecular weight excluding hydrogens is 378 g/mol. The lowest BCUT2D eigenvalue weighted by atomic mass is 10.2. The Morgan fingerprint density at radius 3 is 2.44 bits per heavy atom. The van der Waals surface area contributed by atoms with Crippen molar-refractivity contribution in [2.75, 3.05) is 14.2 Å². The average molecular weight is 399 g/mol. The van der Waals surface area contributed by atoms with E-state index in [0.29, 0.717) is 0 Å². The fourth-order valence-electron chi connectivity index (χ4n) is 2.07. The summed E-state index contributed by atoms with van der Waals surface area (Å²) in [5.74, 6) is -1.67. The van der Waals surface area contributed by atoms with E-state index in [1.165, 1.54) is 33.2 Å². The summed E-state index contributed by atoms with van der Waals surface area (Å²) in [6, 6.07) is 3.10. The first-order valence-corrected chi connectivity index (χ1v) is 9.60. The zero-order valence-electron chi connectivity index (χ0n) is 15.1. The monoisotopic (exact) mass is 399 g/mol. The number of benzene rings is 1. The lowest BCUT2D eigenvalue weighted by Gasteiger charge is -2.14. The Hall–Kier alpha value is -2.66. The Labute approximate surface area is 156 Å². The summed E-state index contributed by atoms with van der Waals surface area (Å²) in [5.41, 5.74) is -0.0910. The number of imide groups is 1. The molecule has 1 atom stereocenters. The molecule has 0 aromatic heterocycles. The number of methoxy groups -OCH3 is 1. The first-order chi connectivity index (χ1) is 12.7. The predicted molar refractivity (Wildman–Crippen MR) is 93.8 cm³/mol. The van der Waals surface area contributed by atoms with E-state index in [-0.39, 0.29) is 22.3 Å². The van der Waals surface area contributed by atoms with E-state index in [4.69, 9.17) is 9.47 Å². The van der Waals surface area contributed by atoms with Crippen LogP contribution in [-0.2, 0) is 19.6 Å². The third kappa shape index (κ3) is 5.41. The Balaban J connectivity index is 2.07. The van der Waals surface area contributed by atoms with E-state index < -0.39 is 34.0 Å². The molecule has 1 unspecified atom stereocenters. The first kappa shape index (κ1) is 20.6. The van der Waals surface area contributed by atoms with Crippen molar-refractivity contribution in [2.24, 2.45) is 0 Å². The minimum Gasteiger partial charge on any atom is -0.495 e. The molecule has 1 aliphatic carbocycles. The van der Waals surface area contributed by atoms with E-state index in [9.17, 15) is 22.8 Å². The van der Waals surface area contributed by atoms with Gasteiger partial charge >= 0.3 is 12.0 Å². The van der Waals surface area contributed by atoms with E-state index in [1.807, 2.05) is 0 Å². The molecule has 1 aromatic carbocycles. The normalized spacial score (nSPS) is 14.8. The van der Waals surface area contributed by atoms with Crippen LogP contribution in [0, 0.1) is 0 Å². The molecule has 0 saturated heterocycles. The fourth-order valence-corrected chi connectivity index (χ4v) is 2.99. The van der Waals surface area contributed by atoms with Gasteiger partial charge in [0, 0.05) is 6.04 Å². The van der Waals surface area contributed by atoms with Crippen molar-refractivity contribution in [2.45, 2.75) is 36.8 Å². The van der Waals surface area contributed by atoms with Crippen molar-refractivity contribution in [3.8, 4) is 5.75 Å². The predicted octanol–water partition coefficient (Wildman–Crippen LogP) is 0.137. The van der Waals surface area contributed by atoms with E-state index >= 15 is 0 Å². The molecular formula is C16H21N3O7S. The minimum atomic E-state index is -3.88. The molecule has 148 valence electrons. The molecule has 0 heterocycles. The SMILES string of the molecule is CNS(=O)(=O)c1cc(C(=O)OC(C)C(=O)NC(=O)NC2CC2)ccc1OC. The third-order valence-electron chi connectivity index (χ3n) is 3.76. The molecule has 1 aromatic rings. The largest absolute Gasteiger partial charge is 0.495 e. The Morgan fingerprint density at radius 2 is 1.89 bits per heavy atom. The first-order valence-electron chi connectivity index (χ1n) is 8.12. The zero-order valence-corrected chi connectivity index (χ0v) is 15.9. The number of carbonyl (C=O) groups is 3. The van der Waals surface area contributed by atoms with Crippen LogP contribution in [-0.4, -0.2) is 52.6 Å². The van der Waals surface area contributed by atoms with Crippen molar-refractivity contribution in [1.82, 2.24) is 15.4 Å². The zero-order chi connectivity index (χ0) is 20.2. The molecule has 3 amide bonds. The molecule has 2 rings (SSSR count). The van der Waals surface area contributed by atoms with Gasteiger partial charge in [0.25, 0.3) is 5.91 Å². The molecule has 3 N–H and O–H groups in total. The number of ether oxygens (including phenoxy) is 2. The van der Waals surface area contributed by atoms with Gasteiger partial charge in [0.2, 0.25) is 10.0 Å². The lowest BCUT2D eigenvalue weighted by molar-refractivity contribution is -0.127. The van der Waals surface area contributed by atoms with Gasteiger partial charge in [-0.1, -0.05) is 0 Å². The number of hydrogen-bond acceptors (Lipinski definition) is 7. The number of rotatable bonds is 7. The van der Waals surface area contributed by atoms with Crippen molar-refractivity contribution in [3.05, 3.63) is 23.8 Å². The van der Waals surface area contributed by atoms with Crippen LogP contribution < -0.4 is 20.1 Å². The highest BCUT2D eigenvalue weighted by Crippen LogP contribution is 2.25. The quantitative estimate of drug-likeness (QED) is 0.554. The third-order valence-corrected chi connectivity index (χ3v) is 5.20. The topological polar surface area (TPSA) is 140 Å². The van der Waals surface area contributed by atoms with Crippen LogP contribution in [0.25, 0.3) is 0 Å². The summed E-state index contributed by atoms with van der Waals surface area (Å²) in [6.45, 7) is 1.30. The van der Waals surface area contributed by atoms with Gasteiger partial charge < -0.3 is 14.8 Å². The van der Waals surface area contributed by atoms with Crippen LogP contribution in [0.4, 0.5) is 4.79 Å². The van der Waals surface area contributed by atoms with E-state index in [1.54, 1.807) is 0 Å². The molecule has 0 bridgehead atoms. The highest BCUT2D eigenvalue weighted by Gasteiger charge is 2.27. The van der Waals surface area contributed by atoms with Crippen molar-refractivity contribution in [1.29, 1.82) is 0 Å². The summed E-state index contributed by atoms with van der Waals surface area (Å²) in [4.78, 5) is 35.5. The van der Waals surface area contributed by atoms with Crippen LogP contribution in [0.2, 0.25) is 0 Å². The van der Waals surface area contributed by atoms with Crippen LogP contribution in [0.5, 0.6) is 5.75 Å². The van der Waals surface area contributed by atoms with Gasteiger partial charge in [-0.15, -0.1) is 0 Å². The van der Waals surface area contributed by atoms with Gasteiger partial charge in [0.15, 0.2) is 6.10 Å². The molecule has 1 aliphatic rings. The second-order valence-electron chi connectivity index (χ2n) is 5.86. The molecule has 27 heavy (non-hydrogen) atoms. The second kappa shape index (κ2) is 8.35. The van der Waals surface area contributed by atoms with Crippen molar-refractivity contribution >= 4 is 27.9 Å². The summed E-state index contributed by atoms with van der Waals surface area (Å²) in [6.07, 6.45) is 0.470.